The summed E-state index contributed by atoms with van der Waals surface area (Å²) < 4.78 is 1.14. The first-order valence-corrected chi connectivity index (χ1v) is 6.71. The summed E-state index contributed by atoms with van der Waals surface area (Å²) in [6, 6.07) is 4.11. The molecule has 0 spiro atoms. The van der Waals surface area contributed by atoms with Crippen LogP contribution in [0.1, 0.15) is 27.2 Å². The predicted molar refractivity (Wildman–Crippen MR) is 76.6 cm³/mol. The van der Waals surface area contributed by atoms with Crippen molar-refractivity contribution in [1.82, 2.24) is 4.98 Å². The summed E-state index contributed by atoms with van der Waals surface area (Å²) in [5.74, 6) is 0. The van der Waals surface area contributed by atoms with Crippen LogP contribution in [0.25, 0.3) is 10.2 Å². The molecule has 17 heavy (non-hydrogen) atoms. The van der Waals surface area contributed by atoms with Gasteiger partial charge in [0.05, 0.1) is 21.6 Å². The van der Waals surface area contributed by atoms with Crippen LogP contribution in [-0.4, -0.2) is 11.5 Å². The van der Waals surface area contributed by atoms with Crippen molar-refractivity contribution >= 4 is 32.9 Å². The molecule has 1 aromatic carbocycles. The van der Waals surface area contributed by atoms with Gasteiger partial charge >= 0.3 is 0 Å². The summed E-state index contributed by atoms with van der Waals surface area (Å²) in [6.45, 7) is 7.65. The second-order valence-corrected chi connectivity index (χ2v) is 6.35. The van der Waals surface area contributed by atoms with E-state index in [1.807, 2.05) is 11.6 Å². The standard InChI is InChI=1S/C13H19N3S/c1-13(2,3)6-7-15-9-4-5-10-12(11(9)14)16-8-17-10/h4-5,8,15H,6-7,14H2,1-3H3. The van der Waals surface area contributed by atoms with Crippen molar-refractivity contribution in [1.29, 1.82) is 0 Å². The quantitative estimate of drug-likeness (QED) is 0.815. The molecule has 0 unspecified atom stereocenters. The van der Waals surface area contributed by atoms with Crippen LogP contribution in [0.4, 0.5) is 11.4 Å². The van der Waals surface area contributed by atoms with Crippen molar-refractivity contribution in [3.8, 4) is 0 Å². The Bertz CT molecular complexity index is 511. The zero-order valence-corrected chi connectivity index (χ0v) is 11.4. The van der Waals surface area contributed by atoms with E-state index < -0.39 is 0 Å². The number of benzene rings is 1. The molecule has 92 valence electrons. The average Bonchev–Trinajstić information content (AvgIpc) is 2.68. The minimum absolute atomic E-state index is 0.340. The van der Waals surface area contributed by atoms with Gasteiger partial charge in [-0.25, -0.2) is 4.98 Å². The monoisotopic (exact) mass is 249 g/mol. The second kappa shape index (κ2) is 4.53. The summed E-state index contributed by atoms with van der Waals surface area (Å²) >= 11 is 1.62. The lowest BCUT2D eigenvalue weighted by Gasteiger charge is -2.19. The van der Waals surface area contributed by atoms with Gasteiger partial charge in [0.1, 0.15) is 5.52 Å². The highest BCUT2D eigenvalue weighted by atomic mass is 32.1. The van der Waals surface area contributed by atoms with E-state index in [1.54, 1.807) is 11.3 Å². The number of aromatic nitrogens is 1. The molecule has 0 aliphatic heterocycles. The third-order valence-corrected chi connectivity index (χ3v) is 3.53. The summed E-state index contributed by atoms with van der Waals surface area (Å²) in [4.78, 5) is 4.29. The number of hydrogen-bond donors (Lipinski definition) is 2. The molecular formula is C13H19N3S. The number of fused-ring (bicyclic) bond motifs is 1. The van der Waals surface area contributed by atoms with Crippen molar-refractivity contribution in [2.75, 3.05) is 17.6 Å². The molecule has 4 heteroatoms. The molecule has 0 fully saturated rings. The van der Waals surface area contributed by atoms with Crippen molar-refractivity contribution in [3.05, 3.63) is 17.6 Å². The summed E-state index contributed by atoms with van der Waals surface area (Å²) in [5.41, 5.74) is 10.9. The minimum Gasteiger partial charge on any atom is -0.395 e. The van der Waals surface area contributed by atoms with Gasteiger partial charge in [-0.05, 0) is 24.0 Å². The van der Waals surface area contributed by atoms with Gasteiger partial charge in [0.2, 0.25) is 0 Å². The third kappa shape index (κ3) is 2.88. The van der Waals surface area contributed by atoms with Crippen LogP contribution in [0.2, 0.25) is 0 Å². The summed E-state index contributed by atoms with van der Waals surface area (Å²) in [7, 11) is 0. The SMILES string of the molecule is CC(C)(C)CCNc1ccc2scnc2c1N. The number of rotatable bonds is 3. The van der Waals surface area contributed by atoms with Crippen LogP contribution < -0.4 is 11.1 Å². The molecule has 0 atom stereocenters. The number of hydrogen-bond acceptors (Lipinski definition) is 4. The maximum absolute atomic E-state index is 6.09. The molecule has 0 amide bonds. The van der Waals surface area contributed by atoms with Crippen LogP contribution in [0.5, 0.6) is 0 Å². The maximum Gasteiger partial charge on any atom is 0.106 e. The molecule has 2 rings (SSSR count). The Morgan fingerprint density at radius 2 is 2.12 bits per heavy atom. The van der Waals surface area contributed by atoms with Crippen LogP contribution in [0, 0.1) is 5.41 Å². The van der Waals surface area contributed by atoms with Gasteiger partial charge in [0.25, 0.3) is 0 Å². The van der Waals surface area contributed by atoms with E-state index in [1.165, 1.54) is 0 Å². The molecule has 0 bridgehead atoms. The molecule has 1 heterocycles. The van der Waals surface area contributed by atoms with Crippen LogP contribution in [-0.2, 0) is 0 Å². The summed E-state index contributed by atoms with van der Waals surface area (Å²) in [6.07, 6.45) is 1.11. The molecule has 3 nitrogen and oxygen atoms in total. The Kier molecular flexibility index (Phi) is 3.24. The Morgan fingerprint density at radius 1 is 1.35 bits per heavy atom. The predicted octanol–water partition coefficient (Wildman–Crippen LogP) is 3.73. The van der Waals surface area contributed by atoms with Crippen molar-refractivity contribution in [2.45, 2.75) is 27.2 Å². The van der Waals surface area contributed by atoms with Gasteiger partial charge in [0.15, 0.2) is 0 Å². The first-order chi connectivity index (χ1) is 7.97. The fourth-order valence-corrected chi connectivity index (χ4v) is 2.37. The number of nitrogens with zero attached hydrogens (tertiary/aromatic N) is 1. The van der Waals surface area contributed by atoms with Gasteiger partial charge in [-0.3, -0.25) is 0 Å². The molecule has 0 radical (unpaired) electrons. The minimum atomic E-state index is 0.340. The molecule has 3 N–H and O–H groups in total. The average molecular weight is 249 g/mol. The van der Waals surface area contributed by atoms with Gasteiger partial charge in [0, 0.05) is 6.54 Å². The van der Waals surface area contributed by atoms with E-state index in [0.29, 0.717) is 5.41 Å². The largest absolute Gasteiger partial charge is 0.395 e. The van der Waals surface area contributed by atoms with E-state index in [2.05, 4.69) is 37.1 Å². The molecular weight excluding hydrogens is 230 g/mol. The van der Waals surface area contributed by atoms with E-state index in [9.17, 15) is 0 Å². The Labute approximate surface area is 106 Å². The third-order valence-electron chi connectivity index (χ3n) is 2.73. The highest BCUT2D eigenvalue weighted by molar-refractivity contribution is 7.16. The lowest BCUT2D eigenvalue weighted by Crippen LogP contribution is -2.13. The Hall–Kier alpha value is -1.29. The highest BCUT2D eigenvalue weighted by Gasteiger charge is 2.10. The van der Waals surface area contributed by atoms with Gasteiger partial charge in [-0.2, -0.15) is 0 Å². The van der Waals surface area contributed by atoms with Crippen molar-refractivity contribution in [2.24, 2.45) is 5.41 Å². The number of nitrogen functional groups attached to an aromatic ring is 1. The van der Waals surface area contributed by atoms with Crippen LogP contribution in [0.3, 0.4) is 0 Å². The van der Waals surface area contributed by atoms with Gasteiger partial charge in [-0.15, -0.1) is 11.3 Å². The van der Waals surface area contributed by atoms with Crippen molar-refractivity contribution in [3.63, 3.8) is 0 Å². The Balaban J connectivity index is 2.11. The van der Waals surface area contributed by atoms with Crippen LogP contribution >= 0.6 is 11.3 Å². The fourth-order valence-electron chi connectivity index (χ4n) is 1.68. The zero-order valence-electron chi connectivity index (χ0n) is 10.6. The molecule has 1 aromatic heterocycles. The fraction of sp³-hybridized carbons (Fsp3) is 0.462. The highest BCUT2D eigenvalue weighted by Crippen LogP contribution is 2.30. The first-order valence-electron chi connectivity index (χ1n) is 5.83. The van der Waals surface area contributed by atoms with Crippen LogP contribution in [0.15, 0.2) is 17.6 Å². The van der Waals surface area contributed by atoms with Gasteiger partial charge in [-0.1, -0.05) is 20.8 Å². The smallest absolute Gasteiger partial charge is 0.106 e. The van der Waals surface area contributed by atoms with E-state index in [0.717, 1.165) is 34.6 Å². The molecule has 0 saturated heterocycles. The van der Waals surface area contributed by atoms with E-state index in [-0.39, 0.29) is 0 Å². The lowest BCUT2D eigenvalue weighted by molar-refractivity contribution is 0.390. The topological polar surface area (TPSA) is 50.9 Å². The molecule has 0 saturated carbocycles. The van der Waals surface area contributed by atoms with E-state index in [4.69, 9.17) is 5.73 Å². The second-order valence-electron chi connectivity index (χ2n) is 5.46. The van der Waals surface area contributed by atoms with E-state index >= 15 is 0 Å². The van der Waals surface area contributed by atoms with Crippen molar-refractivity contribution < 1.29 is 0 Å². The first kappa shape index (κ1) is 12.2. The Morgan fingerprint density at radius 3 is 2.82 bits per heavy atom. The molecule has 0 aliphatic carbocycles. The number of thiazole rings is 1. The van der Waals surface area contributed by atoms with Gasteiger partial charge < -0.3 is 11.1 Å². The lowest BCUT2D eigenvalue weighted by atomic mass is 9.92. The molecule has 0 aliphatic rings. The number of nitrogens with two attached hydrogens (primary N) is 1. The summed E-state index contributed by atoms with van der Waals surface area (Å²) in [5, 5.41) is 3.39. The normalized spacial score (nSPS) is 11.9. The zero-order chi connectivity index (χ0) is 12.5. The molecule has 2 aromatic rings. The number of nitrogens with one attached hydrogen (secondary N) is 1. The number of anilines is 2. The maximum atomic E-state index is 6.09.